The molecule has 2 heterocycles. The molecule has 0 saturated carbocycles. The molecule has 100 valence electrons. The van der Waals surface area contributed by atoms with Crippen LogP contribution in [0.2, 0.25) is 0 Å². The summed E-state index contributed by atoms with van der Waals surface area (Å²) < 4.78 is 0. The Hall–Kier alpha value is -2.40. The Bertz CT molecular complexity index is 810. The van der Waals surface area contributed by atoms with Crippen LogP contribution >= 0.6 is 11.3 Å². The number of carbonyl (C=O) groups is 1. The van der Waals surface area contributed by atoms with Crippen LogP contribution in [0.5, 0.6) is 0 Å². The van der Waals surface area contributed by atoms with E-state index in [0.29, 0.717) is 10.5 Å². The molecular weight excluding hydrogens is 272 g/mol. The van der Waals surface area contributed by atoms with Crippen molar-refractivity contribution in [3.05, 3.63) is 47.0 Å². The zero-order valence-corrected chi connectivity index (χ0v) is 11.6. The number of hydrogen-bond acceptors (Lipinski definition) is 4. The number of anilines is 1. The number of hydrogen-bond donors (Lipinski definition) is 2. The molecule has 0 aliphatic carbocycles. The molecule has 0 unspecified atom stereocenters. The fourth-order valence-electron chi connectivity index (χ4n) is 2.25. The summed E-state index contributed by atoms with van der Waals surface area (Å²) in [5, 5.41) is 9.93. The topological polar surface area (TPSA) is 76.2 Å². The van der Waals surface area contributed by atoms with Crippen molar-refractivity contribution < 1.29 is 9.90 Å². The van der Waals surface area contributed by atoms with Gasteiger partial charge in [0.15, 0.2) is 0 Å². The van der Waals surface area contributed by atoms with E-state index in [1.807, 2.05) is 43.3 Å². The molecule has 5 heteroatoms. The van der Waals surface area contributed by atoms with Crippen LogP contribution in [-0.2, 0) is 0 Å². The molecule has 0 bridgehead atoms. The van der Waals surface area contributed by atoms with Gasteiger partial charge in [-0.25, -0.2) is 9.78 Å². The quantitative estimate of drug-likeness (QED) is 0.754. The molecule has 20 heavy (non-hydrogen) atoms. The van der Waals surface area contributed by atoms with Crippen LogP contribution in [0, 0.1) is 6.92 Å². The van der Waals surface area contributed by atoms with E-state index in [1.165, 1.54) is 0 Å². The van der Waals surface area contributed by atoms with Crippen molar-refractivity contribution in [2.45, 2.75) is 6.92 Å². The van der Waals surface area contributed by atoms with E-state index in [2.05, 4.69) is 4.98 Å². The Kier molecular flexibility index (Phi) is 2.91. The van der Waals surface area contributed by atoms with Gasteiger partial charge in [-0.2, -0.15) is 0 Å². The summed E-state index contributed by atoms with van der Waals surface area (Å²) in [6.45, 7) is 1.89. The molecule has 3 rings (SSSR count). The third-order valence-corrected chi connectivity index (χ3v) is 4.19. The molecule has 2 aromatic heterocycles. The SMILES string of the molecule is Cc1cc(-c2ccccc2)c2c(N)c(C(=O)O)sc2n1. The summed E-state index contributed by atoms with van der Waals surface area (Å²) in [7, 11) is 0. The highest BCUT2D eigenvalue weighted by Gasteiger charge is 2.19. The Morgan fingerprint density at radius 3 is 2.65 bits per heavy atom. The van der Waals surface area contributed by atoms with Crippen molar-refractivity contribution in [3.63, 3.8) is 0 Å². The van der Waals surface area contributed by atoms with E-state index in [4.69, 9.17) is 5.73 Å². The second-order valence-electron chi connectivity index (χ2n) is 4.51. The first-order chi connectivity index (χ1) is 9.58. The van der Waals surface area contributed by atoms with Crippen molar-refractivity contribution in [2.24, 2.45) is 0 Å². The summed E-state index contributed by atoms with van der Waals surface area (Å²) in [5.74, 6) is -1.01. The number of thiophene rings is 1. The summed E-state index contributed by atoms with van der Waals surface area (Å²) in [6, 6.07) is 11.7. The molecule has 3 aromatic rings. The van der Waals surface area contributed by atoms with Crippen molar-refractivity contribution >= 4 is 33.2 Å². The lowest BCUT2D eigenvalue weighted by molar-refractivity contribution is 0.0703. The van der Waals surface area contributed by atoms with Crippen LogP contribution in [0.4, 0.5) is 5.69 Å². The van der Waals surface area contributed by atoms with Gasteiger partial charge in [0, 0.05) is 11.1 Å². The van der Waals surface area contributed by atoms with Crippen LogP contribution in [0.25, 0.3) is 21.3 Å². The van der Waals surface area contributed by atoms with Gasteiger partial charge < -0.3 is 10.8 Å². The number of benzene rings is 1. The fraction of sp³-hybridized carbons (Fsp3) is 0.0667. The minimum Gasteiger partial charge on any atom is -0.477 e. The van der Waals surface area contributed by atoms with Crippen LogP contribution in [0.15, 0.2) is 36.4 Å². The van der Waals surface area contributed by atoms with Crippen LogP contribution < -0.4 is 5.73 Å². The molecular formula is C15H12N2O2S. The van der Waals surface area contributed by atoms with Gasteiger partial charge in [-0.15, -0.1) is 11.3 Å². The number of nitrogens with zero attached hydrogens (tertiary/aromatic N) is 1. The van der Waals surface area contributed by atoms with E-state index >= 15 is 0 Å². The summed E-state index contributed by atoms with van der Waals surface area (Å²) in [4.78, 5) is 16.4. The van der Waals surface area contributed by atoms with E-state index < -0.39 is 5.97 Å². The molecule has 0 spiro atoms. The van der Waals surface area contributed by atoms with Crippen molar-refractivity contribution in [3.8, 4) is 11.1 Å². The van der Waals surface area contributed by atoms with Gasteiger partial charge in [0.05, 0.1) is 5.69 Å². The van der Waals surface area contributed by atoms with Gasteiger partial charge in [-0.1, -0.05) is 30.3 Å². The third kappa shape index (κ3) is 1.92. The predicted molar refractivity (Wildman–Crippen MR) is 81.2 cm³/mol. The molecule has 3 N–H and O–H groups in total. The molecule has 0 fully saturated rings. The fourth-order valence-corrected chi connectivity index (χ4v) is 3.25. The van der Waals surface area contributed by atoms with E-state index in [0.717, 1.165) is 33.5 Å². The van der Waals surface area contributed by atoms with Gasteiger partial charge in [0.25, 0.3) is 0 Å². The normalized spacial score (nSPS) is 10.8. The first kappa shape index (κ1) is 12.6. The van der Waals surface area contributed by atoms with E-state index in [1.54, 1.807) is 0 Å². The number of fused-ring (bicyclic) bond motifs is 1. The standard InChI is InChI=1S/C15H12N2O2S/c1-8-7-10(9-5-3-2-4-6-9)11-12(16)13(15(18)19)20-14(11)17-8/h2-7H,16H2,1H3,(H,18,19). The van der Waals surface area contributed by atoms with Gasteiger partial charge in [-0.3, -0.25) is 0 Å². The maximum absolute atomic E-state index is 11.2. The minimum atomic E-state index is -1.01. The lowest BCUT2D eigenvalue weighted by Crippen LogP contribution is -1.97. The molecule has 1 aromatic carbocycles. The average molecular weight is 284 g/mol. The summed E-state index contributed by atoms with van der Waals surface area (Å²) >= 11 is 1.12. The number of aromatic carboxylic acids is 1. The largest absolute Gasteiger partial charge is 0.477 e. The van der Waals surface area contributed by atoms with Crippen molar-refractivity contribution in [1.29, 1.82) is 0 Å². The number of aryl methyl sites for hydroxylation is 1. The lowest BCUT2D eigenvalue weighted by atomic mass is 10.0. The predicted octanol–water partition coefficient (Wildman–Crippen LogP) is 3.55. The number of aromatic nitrogens is 1. The first-order valence-corrected chi connectivity index (χ1v) is 6.88. The molecule has 0 aliphatic rings. The monoisotopic (exact) mass is 284 g/mol. The number of nitrogen functional groups attached to an aromatic ring is 1. The number of nitrogens with two attached hydrogens (primary N) is 1. The zero-order valence-electron chi connectivity index (χ0n) is 10.8. The number of pyridine rings is 1. The van der Waals surface area contributed by atoms with Gasteiger partial charge in [0.1, 0.15) is 9.71 Å². The van der Waals surface area contributed by atoms with Gasteiger partial charge in [-0.05, 0) is 24.1 Å². The highest BCUT2D eigenvalue weighted by atomic mass is 32.1. The zero-order chi connectivity index (χ0) is 14.3. The number of carboxylic acids is 1. The Morgan fingerprint density at radius 1 is 1.30 bits per heavy atom. The molecule has 0 atom stereocenters. The second kappa shape index (κ2) is 4.61. The number of rotatable bonds is 2. The highest BCUT2D eigenvalue weighted by molar-refractivity contribution is 7.21. The molecule has 4 nitrogen and oxygen atoms in total. The van der Waals surface area contributed by atoms with Crippen molar-refractivity contribution in [1.82, 2.24) is 4.98 Å². The number of carboxylic acid groups (broad SMARTS) is 1. The first-order valence-electron chi connectivity index (χ1n) is 6.06. The molecule has 0 aliphatic heterocycles. The Labute approximate surface area is 119 Å². The van der Waals surface area contributed by atoms with Gasteiger partial charge in [0.2, 0.25) is 0 Å². The molecule has 0 amide bonds. The molecule has 0 saturated heterocycles. The molecule has 0 radical (unpaired) electrons. The Morgan fingerprint density at radius 2 is 2.00 bits per heavy atom. The third-order valence-electron chi connectivity index (χ3n) is 3.11. The van der Waals surface area contributed by atoms with Gasteiger partial charge >= 0.3 is 5.97 Å². The van der Waals surface area contributed by atoms with Crippen molar-refractivity contribution in [2.75, 3.05) is 5.73 Å². The minimum absolute atomic E-state index is 0.148. The summed E-state index contributed by atoms with van der Waals surface area (Å²) in [5.41, 5.74) is 9.08. The average Bonchev–Trinajstić information content (AvgIpc) is 2.76. The summed E-state index contributed by atoms with van der Waals surface area (Å²) in [6.07, 6.45) is 0. The maximum Gasteiger partial charge on any atom is 0.348 e. The van der Waals surface area contributed by atoms with Crippen LogP contribution in [0.3, 0.4) is 0 Å². The lowest BCUT2D eigenvalue weighted by Gasteiger charge is -2.06. The van der Waals surface area contributed by atoms with Crippen LogP contribution in [0.1, 0.15) is 15.4 Å². The van der Waals surface area contributed by atoms with E-state index in [9.17, 15) is 9.90 Å². The smallest absolute Gasteiger partial charge is 0.348 e. The van der Waals surface area contributed by atoms with E-state index in [-0.39, 0.29) is 4.88 Å². The Balaban J connectivity index is 2.40. The maximum atomic E-state index is 11.2. The second-order valence-corrected chi connectivity index (χ2v) is 5.51. The highest BCUT2D eigenvalue weighted by Crippen LogP contribution is 2.39. The van der Waals surface area contributed by atoms with Crippen LogP contribution in [-0.4, -0.2) is 16.1 Å².